The van der Waals surface area contributed by atoms with Gasteiger partial charge in [0.2, 0.25) is 0 Å². The molecule has 0 aliphatic carbocycles. The minimum Gasteiger partial charge on any atom is -0.302 e. The molecule has 12 heavy (non-hydrogen) atoms. The number of hydrogen-bond acceptors (Lipinski definition) is 2. The predicted molar refractivity (Wildman–Crippen MR) is 51.3 cm³/mol. The molecule has 2 rings (SSSR count). The highest BCUT2D eigenvalue weighted by molar-refractivity contribution is 4.91. The second-order valence-electron chi connectivity index (χ2n) is 4.38. The van der Waals surface area contributed by atoms with Gasteiger partial charge in [0, 0.05) is 12.1 Å². The fourth-order valence-corrected chi connectivity index (χ4v) is 2.84. The van der Waals surface area contributed by atoms with Crippen LogP contribution in [0.3, 0.4) is 0 Å². The summed E-state index contributed by atoms with van der Waals surface area (Å²) >= 11 is 0. The van der Waals surface area contributed by atoms with E-state index in [2.05, 4.69) is 23.9 Å². The zero-order valence-electron chi connectivity index (χ0n) is 8.29. The highest BCUT2D eigenvalue weighted by Crippen LogP contribution is 2.27. The van der Waals surface area contributed by atoms with Gasteiger partial charge in [-0.25, -0.2) is 0 Å². The lowest BCUT2D eigenvalue weighted by Gasteiger charge is -2.47. The van der Waals surface area contributed by atoms with Crippen LogP contribution in [0.2, 0.25) is 0 Å². The maximum atomic E-state index is 2.56. The SMILES string of the molecule is CN1CCC[C@H]2[C@@H]1CCCN2C. The first kappa shape index (κ1) is 8.52. The van der Waals surface area contributed by atoms with E-state index in [1.54, 1.807) is 0 Å². The Morgan fingerprint density at radius 2 is 1.25 bits per heavy atom. The molecule has 0 radical (unpaired) electrons. The third-order valence-corrected chi connectivity index (χ3v) is 3.60. The monoisotopic (exact) mass is 168 g/mol. The van der Waals surface area contributed by atoms with E-state index >= 15 is 0 Å². The average molecular weight is 168 g/mol. The predicted octanol–water partition coefficient (Wildman–Crippen LogP) is 1.17. The molecule has 0 bridgehead atoms. The Labute approximate surface area is 75.5 Å². The van der Waals surface area contributed by atoms with Gasteiger partial charge < -0.3 is 9.80 Å². The summed E-state index contributed by atoms with van der Waals surface area (Å²) < 4.78 is 0. The smallest absolute Gasteiger partial charge is 0.0248 e. The Morgan fingerprint density at radius 3 is 1.67 bits per heavy atom. The van der Waals surface area contributed by atoms with Crippen LogP contribution in [0.4, 0.5) is 0 Å². The Kier molecular flexibility index (Phi) is 2.37. The normalized spacial score (nSPS) is 39.5. The number of rotatable bonds is 0. The standard InChI is InChI=1S/C10H20N2/c1-11-7-3-6-10-9(11)5-4-8-12(10)2/h9-10H,3-8H2,1-2H3/t9-,10-/m0/s1. The van der Waals surface area contributed by atoms with Crippen LogP contribution in [0, 0.1) is 0 Å². The number of likely N-dealkylation sites (tertiary alicyclic amines) is 2. The first-order valence-corrected chi connectivity index (χ1v) is 5.19. The first-order chi connectivity index (χ1) is 5.79. The van der Waals surface area contributed by atoms with E-state index in [-0.39, 0.29) is 0 Å². The summed E-state index contributed by atoms with van der Waals surface area (Å²) in [5.41, 5.74) is 0. The summed E-state index contributed by atoms with van der Waals surface area (Å²) in [5, 5.41) is 0. The van der Waals surface area contributed by atoms with Gasteiger partial charge in [-0.1, -0.05) is 0 Å². The molecule has 2 aliphatic heterocycles. The van der Waals surface area contributed by atoms with Crippen LogP contribution < -0.4 is 0 Å². The lowest BCUT2D eigenvalue weighted by molar-refractivity contribution is 0.0352. The van der Waals surface area contributed by atoms with Crippen molar-refractivity contribution < 1.29 is 0 Å². The largest absolute Gasteiger partial charge is 0.302 e. The second kappa shape index (κ2) is 3.35. The fraction of sp³-hybridized carbons (Fsp3) is 1.00. The molecule has 0 unspecified atom stereocenters. The van der Waals surface area contributed by atoms with E-state index < -0.39 is 0 Å². The summed E-state index contributed by atoms with van der Waals surface area (Å²) in [6.45, 7) is 2.63. The molecule has 2 aliphatic rings. The Hall–Kier alpha value is -0.0800. The van der Waals surface area contributed by atoms with E-state index in [1.165, 1.54) is 38.8 Å². The van der Waals surface area contributed by atoms with Crippen molar-refractivity contribution in [3.8, 4) is 0 Å². The van der Waals surface area contributed by atoms with Crippen molar-refractivity contribution in [3.63, 3.8) is 0 Å². The van der Waals surface area contributed by atoms with Crippen molar-refractivity contribution in [2.45, 2.75) is 37.8 Å². The van der Waals surface area contributed by atoms with Gasteiger partial charge in [-0.15, -0.1) is 0 Å². The quantitative estimate of drug-likeness (QED) is 0.536. The maximum absolute atomic E-state index is 2.56. The van der Waals surface area contributed by atoms with Gasteiger partial charge in [0.25, 0.3) is 0 Å². The Morgan fingerprint density at radius 1 is 0.833 bits per heavy atom. The third-order valence-electron chi connectivity index (χ3n) is 3.60. The molecule has 0 amide bonds. The molecule has 0 aromatic heterocycles. The number of hydrogen-bond donors (Lipinski definition) is 0. The summed E-state index contributed by atoms with van der Waals surface area (Å²) in [5.74, 6) is 0. The van der Waals surface area contributed by atoms with Crippen LogP contribution in [0.25, 0.3) is 0 Å². The summed E-state index contributed by atoms with van der Waals surface area (Å²) in [6.07, 6.45) is 5.63. The summed E-state index contributed by atoms with van der Waals surface area (Å²) in [7, 11) is 4.58. The number of fused-ring (bicyclic) bond motifs is 1. The van der Waals surface area contributed by atoms with E-state index in [0.29, 0.717) is 0 Å². The molecule has 2 atom stereocenters. The number of likely N-dealkylation sites (N-methyl/N-ethyl adjacent to an activating group) is 2. The van der Waals surface area contributed by atoms with Gasteiger partial charge in [-0.3, -0.25) is 0 Å². The van der Waals surface area contributed by atoms with Crippen LogP contribution in [0.15, 0.2) is 0 Å². The first-order valence-electron chi connectivity index (χ1n) is 5.19. The molecule has 0 spiro atoms. The molecular formula is C10H20N2. The van der Waals surface area contributed by atoms with E-state index in [1.807, 2.05) is 0 Å². The lowest BCUT2D eigenvalue weighted by Crippen LogP contribution is -2.55. The van der Waals surface area contributed by atoms with Crippen molar-refractivity contribution in [2.75, 3.05) is 27.2 Å². The zero-order chi connectivity index (χ0) is 8.55. The summed E-state index contributed by atoms with van der Waals surface area (Å²) in [4.78, 5) is 5.12. The van der Waals surface area contributed by atoms with Gasteiger partial charge >= 0.3 is 0 Å². The lowest BCUT2D eigenvalue weighted by atomic mass is 9.89. The van der Waals surface area contributed by atoms with Crippen molar-refractivity contribution in [3.05, 3.63) is 0 Å². The van der Waals surface area contributed by atoms with Crippen LogP contribution in [0.1, 0.15) is 25.7 Å². The molecule has 0 aromatic rings. The minimum absolute atomic E-state index is 0.859. The molecular weight excluding hydrogens is 148 g/mol. The van der Waals surface area contributed by atoms with Gasteiger partial charge in [0.05, 0.1) is 0 Å². The number of nitrogens with zero attached hydrogens (tertiary/aromatic N) is 2. The van der Waals surface area contributed by atoms with Crippen molar-refractivity contribution in [1.82, 2.24) is 9.80 Å². The highest BCUT2D eigenvalue weighted by Gasteiger charge is 2.33. The van der Waals surface area contributed by atoms with Crippen LogP contribution >= 0.6 is 0 Å². The van der Waals surface area contributed by atoms with Crippen LogP contribution in [-0.4, -0.2) is 49.1 Å². The molecule has 70 valence electrons. The molecule has 0 N–H and O–H groups in total. The zero-order valence-corrected chi connectivity index (χ0v) is 8.29. The third kappa shape index (κ3) is 1.38. The van der Waals surface area contributed by atoms with Crippen molar-refractivity contribution >= 4 is 0 Å². The van der Waals surface area contributed by atoms with Gasteiger partial charge in [0.15, 0.2) is 0 Å². The van der Waals surface area contributed by atoms with Gasteiger partial charge in [-0.2, -0.15) is 0 Å². The average Bonchev–Trinajstić information content (AvgIpc) is 2.07. The molecule has 2 saturated heterocycles. The molecule has 0 saturated carbocycles. The number of piperidine rings is 2. The van der Waals surface area contributed by atoms with Crippen LogP contribution in [0.5, 0.6) is 0 Å². The Bertz CT molecular complexity index is 140. The molecule has 2 heterocycles. The van der Waals surface area contributed by atoms with E-state index in [4.69, 9.17) is 0 Å². The highest BCUT2D eigenvalue weighted by atomic mass is 15.2. The second-order valence-corrected chi connectivity index (χ2v) is 4.38. The van der Waals surface area contributed by atoms with Crippen LogP contribution in [-0.2, 0) is 0 Å². The summed E-state index contributed by atoms with van der Waals surface area (Å²) in [6, 6.07) is 1.72. The minimum atomic E-state index is 0.859. The van der Waals surface area contributed by atoms with Gasteiger partial charge in [0.1, 0.15) is 0 Å². The fourth-order valence-electron chi connectivity index (χ4n) is 2.84. The van der Waals surface area contributed by atoms with Gasteiger partial charge in [-0.05, 0) is 52.9 Å². The molecule has 2 fully saturated rings. The molecule has 0 aromatic carbocycles. The maximum Gasteiger partial charge on any atom is 0.0248 e. The Balaban J connectivity index is 2.05. The topological polar surface area (TPSA) is 6.48 Å². The van der Waals surface area contributed by atoms with Crippen molar-refractivity contribution in [1.29, 1.82) is 0 Å². The molecule has 2 heteroatoms. The van der Waals surface area contributed by atoms with Crippen molar-refractivity contribution in [2.24, 2.45) is 0 Å². The van der Waals surface area contributed by atoms with E-state index in [0.717, 1.165) is 12.1 Å². The van der Waals surface area contributed by atoms with E-state index in [9.17, 15) is 0 Å². The molecule has 2 nitrogen and oxygen atoms in total.